The van der Waals surface area contributed by atoms with Crippen molar-refractivity contribution >= 4 is 15.9 Å². The Morgan fingerprint density at radius 3 is 2.70 bits per heavy atom. The molecule has 1 saturated heterocycles. The Balaban J connectivity index is 1.48. The highest BCUT2D eigenvalue weighted by Gasteiger charge is 2.41. The summed E-state index contributed by atoms with van der Waals surface area (Å²) in [6.45, 7) is 2.64. The van der Waals surface area contributed by atoms with Gasteiger partial charge < -0.3 is 9.42 Å². The highest BCUT2D eigenvalue weighted by molar-refractivity contribution is 7.90. The van der Waals surface area contributed by atoms with Crippen LogP contribution in [-0.2, 0) is 27.8 Å². The summed E-state index contributed by atoms with van der Waals surface area (Å²) >= 11 is 0. The second kappa shape index (κ2) is 6.60. The number of nitrogens with zero attached hydrogens (tertiary/aromatic N) is 2. The van der Waals surface area contributed by atoms with Crippen molar-refractivity contribution in [2.75, 3.05) is 13.1 Å². The molecule has 1 saturated carbocycles. The summed E-state index contributed by atoms with van der Waals surface area (Å²) < 4.78 is 32.1. The third kappa shape index (κ3) is 3.58. The molecule has 1 aromatic rings. The van der Waals surface area contributed by atoms with E-state index in [0.29, 0.717) is 18.8 Å². The van der Waals surface area contributed by atoms with Crippen molar-refractivity contribution in [3.8, 4) is 0 Å². The van der Waals surface area contributed by atoms with E-state index in [1.807, 2.05) is 6.92 Å². The number of amides is 1. The number of carbonyl (C=O) groups is 1. The fourth-order valence-electron chi connectivity index (χ4n) is 3.14. The van der Waals surface area contributed by atoms with E-state index in [1.54, 1.807) is 11.0 Å². The Bertz CT molecular complexity index is 658. The first-order valence-electron chi connectivity index (χ1n) is 8.21. The molecular formula is C15H23N3O4S. The van der Waals surface area contributed by atoms with Crippen molar-refractivity contribution in [3.63, 3.8) is 0 Å². The maximum absolute atomic E-state index is 12.2. The Morgan fingerprint density at radius 2 is 2.09 bits per heavy atom. The van der Waals surface area contributed by atoms with Gasteiger partial charge in [-0.25, -0.2) is 13.1 Å². The number of hydrogen-bond acceptors (Lipinski definition) is 5. The van der Waals surface area contributed by atoms with E-state index in [-0.39, 0.29) is 18.4 Å². The zero-order chi connectivity index (χ0) is 16.4. The highest BCUT2D eigenvalue weighted by Crippen LogP contribution is 2.29. The molecule has 0 bridgehead atoms. The van der Waals surface area contributed by atoms with Crippen molar-refractivity contribution < 1.29 is 17.7 Å². The molecule has 2 heterocycles. The van der Waals surface area contributed by atoms with Crippen LogP contribution in [0.1, 0.15) is 44.1 Å². The second-order valence-corrected chi connectivity index (χ2v) is 8.40. The van der Waals surface area contributed by atoms with Crippen molar-refractivity contribution in [1.82, 2.24) is 14.8 Å². The minimum atomic E-state index is -3.44. The van der Waals surface area contributed by atoms with Gasteiger partial charge in [-0.2, -0.15) is 0 Å². The monoisotopic (exact) mass is 341 g/mol. The molecule has 0 aromatic carbocycles. The van der Waals surface area contributed by atoms with E-state index in [9.17, 15) is 13.2 Å². The van der Waals surface area contributed by atoms with Crippen molar-refractivity contribution in [1.29, 1.82) is 0 Å². The average molecular weight is 341 g/mol. The normalized spacial score (nSPS) is 20.0. The number of carbonyl (C=O) groups excluding carboxylic acids is 1. The molecule has 128 valence electrons. The molecule has 8 heteroatoms. The molecule has 0 unspecified atom stereocenters. The molecule has 1 aliphatic carbocycles. The van der Waals surface area contributed by atoms with Crippen LogP contribution in [0.2, 0.25) is 0 Å². The standard InChI is InChI=1S/C15H23N3O4S/c1-2-12-7-13(22-17-12)8-16-23(20,21)14-9-18(10-14)15(19)11-5-3-4-6-11/h7,11,14,16H,2-6,8-10H2,1H3. The lowest BCUT2D eigenvalue weighted by atomic mass is 10.0. The van der Waals surface area contributed by atoms with Gasteiger partial charge in [-0.15, -0.1) is 0 Å². The number of aryl methyl sites for hydroxylation is 1. The van der Waals surface area contributed by atoms with E-state index in [0.717, 1.165) is 37.8 Å². The first kappa shape index (κ1) is 16.4. The van der Waals surface area contributed by atoms with E-state index in [2.05, 4.69) is 9.88 Å². The van der Waals surface area contributed by atoms with Crippen LogP contribution in [0.15, 0.2) is 10.6 Å². The molecule has 0 atom stereocenters. The highest BCUT2D eigenvalue weighted by atomic mass is 32.2. The Labute approximate surface area is 136 Å². The number of rotatable bonds is 6. The Morgan fingerprint density at radius 1 is 1.39 bits per heavy atom. The molecule has 2 fully saturated rings. The third-order valence-electron chi connectivity index (χ3n) is 4.72. The average Bonchev–Trinajstić information content (AvgIpc) is 3.14. The zero-order valence-electron chi connectivity index (χ0n) is 13.3. The predicted octanol–water partition coefficient (Wildman–Crippen LogP) is 1.06. The van der Waals surface area contributed by atoms with Crippen LogP contribution in [0.4, 0.5) is 0 Å². The number of aromatic nitrogens is 1. The predicted molar refractivity (Wildman–Crippen MR) is 84.0 cm³/mol. The first-order chi connectivity index (χ1) is 11.0. The van der Waals surface area contributed by atoms with E-state index >= 15 is 0 Å². The Hall–Kier alpha value is -1.41. The van der Waals surface area contributed by atoms with E-state index in [4.69, 9.17) is 4.52 Å². The topological polar surface area (TPSA) is 92.5 Å². The van der Waals surface area contributed by atoms with Gasteiger partial charge in [0.05, 0.1) is 12.2 Å². The van der Waals surface area contributed by atoms with Crippen LogP contribution in [0.5, 0.6) is 0 Å². The van der Waals surface area contributed by atoms with Gasteiger partial charge in [0.2, 0.25) is 15.9 Å². The number of sulfonamides is 1. The largest absolute Gasteiger partial charge is 0.360 e. The molecule has 23 heavy (non-hydrogen) atoms. The van der Waals surface area contributed by atoms with Gasteiger partial charge in [-0.3, -0.25) is 4.79 Å². The fraction of sp³-hybridized carbons (Fsp3) is 0.733. The molecule has 0 radical (unpaired) electrons. The third-order valence-corrected chi connectivity index (χ3v) is 6.44. The quantitative estimate of drug-likeness (QED) is 0.835. The summed E-state index contributed by atoms with van der Waals surface area (Å²) in [6, 6.07) is 1.75. The summed E-state index contributed by atoms with van der Waals surface area (Å²) in [5, 5.41) is 3.30. The summed E-state index contributed by atoms with van der Waals surface area (Å²) in [5.41, 5.74) is 0.802. The molecular weight excluding hydrogens is 318 g/mol. The second-order valence-electron chi connectivity index (χ2n) is 6.35. The van der Waals surface area contributed by atoms with Gasteiger partial charge in [0.25, 0.3) is 0 Å². The van der Waals surface area contributed by atoms with E-state index < -0.39 is 15.3 Å². The number of likely N-dealkylation sites (tertiary alicyclic amines) is 1. The van der Waals surface area contributed by atoms with Crippen molar-refractivity contribution in [2.45, 2.75) is 50.8 Å². The summed E-state index contributed by atoms with van der Waals surface area (Å²) in [7, 11) is -3.44. The summed E-state index contributed by atoms with van der Waals surface area (Å²) in [6.07, 6.45) is 4.83. The van der Waals surface area contributed by atoms with Crippen molar-refractivity contribution in [2.24, 2.45) is 5.92 Å². The maximum Gasteiger partial charge on any atom is 0.225 e. The lowest BCUT2D eigenvalue weighted by Crippen LogP contribution is -2.60. The molecule has 0 spiro atoms. The van der Waals surface area contributed by atoms with Gasteiger partial charge in [0, 0.05) is 25.1 Å². The van der Waals surface area contributed by atoms with Gasteiger partial charge in [-0.1, -0.05) is 24.9 Å². The van der Waals surface area contributed by atoms with Gasteiger partial charge in [-0.05, 0) is 19.3 Å². The molecule has 2 aliphatic rings. The minimum Gasteiger partial charge on any atom is -0.360 e. The molecule has 1 N–H and O–H groups in total. The molecule has 1 amide bonds. The number of hydrogen-bond donors (Lipinski definition) is 1. The molecule has 3 rings (SSSR count). The maximum atomic E-state index is 12.2. The van der Waals surface area contributed by atoms with Crippen LogP contribution < -0.4 is 4.72 Å². The molecule has 1 aliphatic heterocycles. The Kier molecular flexibility index (Phi) is 4.72. The lowest BCUT2D eigenvalue weighted by molar-refractivity contribution is -0.138. The smallest absolute Gasteiger partial charge is 0.225 e. The molecule has 1 aromatic heterocycles. The van der Waals surface area contributed by atoms with Crippen LogP contribution in [0.25, 0.3) is 0 Å². The zero-order valence-corrected chi connectivity index (χ0v) is 14.1. The number of nitrogens with one attached hydrogen (secondary N) is 1. The molecule has 7 nitrogen and oxygen atoms in total. The van der Waals surface area contributed by atoms with Crippen LogP contribution in [0, 0.1) is 5.92 Å². The summed E-state index contributed by atoms with van der Waals surface area (Å²) in [4.78, 5) is 13.9. The fourth-order valence-corrected chi connectivity index (χ4v) is 4.47. The van der Waals surface area contributed by atoms with Gasteiger partial charge in [0.15, 0.2) is 5.76 Å². The van der Waals surface area contributed by atoms with Gasteiger partial charge in [0.1, 0.15) is 5.25 Å². The minimum absolute atomic E-state index is 0.0996. The SMILES string of the molecule is CCc1cc(CNS(=O)(=O)C2CN(C(=O)C3CCCC3)C2)on1. The van der Waals surface area contributed by atoms with Gasteiger partial charge >= 0.3 is 0 Å². The first-order valence-corrected chi connectivity index (χ1v) is 9.76. The lowest BCUT2D eigenvalue weighted by Gasteiger charge is -2.39. The van der Waals surface area contributed by atoms with Crippen LogP contribution in [0.3, 0.4) is 0 Å². The van der Waals surface area contributed by atoms with Crippen molar-refractivity contribution in [3.05, 3.63) is 17.5 Å². The van der Waals surface area contributed by atoms with Crippen LogP contribution >= 0.6 is 0 Å². The van der Waals surface area contributed by atoms with E-state index in [1.165, 1.54) is 0 Å². The van der Waals surface area contributed by atoms with Crippen LogP contribution in [-0.4, -0.2) is 42.7 Å². The summed E-state index contributed by atoms with van der Waals surface area (Å²) in [5.74, 6) is 0.730.